The van der Waals surface area contributed by atoms with Crippen LogP contribution in [0.25, 0.3) is 0 Å². The molecule has 0 fully saturated rings. The second kappa shape index (κ2) is 6.66. The number of hydrogen-bond acceptors (Lipinski definition) is 2. The summed E-state index contributed by atoms with van der Waals surface area (Å²) in [6.07, 6.45) is -2.65. The molecule has 6 heteroatoms. The third kappa shape index (κ3) is 4.23. The Balaban J connectivity index is 3.01. The summed E-state index contributed by atoms with van der Waals surface area (Å²) in [7, 11) is 0. The summed E-state index contributed by atoms with van der Waals surface area (Å²) in [4.78, 5) is 0. The minimum Gasteiger partial charge on any atom is -0.489 e. The van der Waals surface area contributed by atoms with Crippen molar-refractivity contribution in [2.75, 3.05) is 13.2 Å². The van der Waals surface area contributed by atoms with Crippen LogP contribution in [0.2, 0.25) is 0 Å². The lowest BCUT2D eigenvalue weighted by Crippen LogP contribution is -2.11. The molecule has 18 heavy (non-hydrogen) atoms. The number of nitrogens with two attached hydrogens (primary N) is 1. The van der Waals surface area contributed by atoms with E-state index in [0.29, 0.717) is 18.5 Å². The number of ether oxygens (including phenoxy) is 1. The van der Waals surface area contributed by atoms with E-state index in [-0.39, 0.29) is 12.4 Å². The molecular formula is C12H13ClF3NO. The fourth-order valence-electron chi connectivity index (χ4n) is 1.42. The largest absolute Gasteiger partial charge is 0.489 e. The molecule has 0 radical (unpaired) electrons. The van der Waals surface area contributed by atoms with Gasteiger partial charge in [0.05, 0.1) is 5.56 Å². The Morgan fingerprint density at radius 3 is 2.61 bits per heavy atom. The van der Waals surface area contributed by atoms with Gasteiger partial charge in [-0.3, -0.25) is 0 Å². The maximum absolute atomic E-state index is 12.8. The van der Waals surface area contributed by atoms with Crippen LogP contribution in [0.3, 0.4) is 0 Å². The monoisotopic (exact) mass is 279 g/mol. The summed E-state index contributed by atoms with van der Waals surface area (Å²) in [5.74, 6) is -0.210. The number of rotatable bonds is 5. The highest BCUT2D eigenvalue weighted by atomic mass is 35.5. The summed E-state index contributed by atoms with van der Waals surface area (Å²) in [5, 5.41) is 0. The van der Waals surface area contributed by atoms with Crippen molar-refractivity contribution < 1.29 is 17.9 Å². The van der Waals surface area contributed by atoms with E-state index in [1.165, 1.54) is 17.7 Å². The molecule has 0 aromatic heterocycles. The van der Waals surface area contributed by atoms with E-state index in [0.717, 1.165) is 6.07 Å². The molecule has 2 nitrogen and oxygen atoms in total. The van der Waals surface area contributed by atoms with Gasteiger partial charge in [0.2, 0.25) is 0 Å². The molecule has 0 amide bonds. The van der Waals surface area contributed by atoms with E-state index in [1.54, 1.807) is 6.07 Å². The van der Waals surface area contributed by atoms with Gasteiger partial charge >= 0.3 is 6.18 Å². The molecule has 0 bridgehead atoms. The van der Waals surface area contributed by atoms with Gasteiger partial charge in [-0.25, -0.2) is 0 Å². The van der Waals surface area contributed by atoms with Gasteiger partial charge in [-0.15, -0.1) is 0 Å². The van der Waals surface area contributed by atoms with Gasteiger partial charge < -0.3 is 10.5 Å². The normalized spacial score (nSPS) is 12.1. The average Bonchev–Trinajstić information content (AvgIpc) is 2.30. The number of halogens is 4. The summed E-state index contributed by atoms with van der Waals surface area (Å²) >= 11 is 5.27. The van der Waals surface area contributed by atoms with Crippen molar-refractivity contribution in [3.8, 4) is 5.75 Å². The van der Waals surface area contributed by atoms with Gasteiger partial charge in [0.25, 0.3) is 0 Å². The van der Waals surface area contributed by atoms with Crippen LogP contribution in [0.15, 0.2) is 29.8 Å². The second-order valence-electron chi connectivity index (χ2n) is 3.54. The highest BCUT2D eigenvalue weighted by molar-refractivity contribution is 6.25. The first-order valence-corrected chi connectivity index (χ1v) is 5.71. The quantitative estimate of drug-likeness (QED) is 0.897. The van der Waals surface area contributed by atoms with Crippen LogP contribution in [-0.4, -0.2) is 13.2 Å². The van der Waals surface area contributed by atoms with Crippen LogP contribution >= 0.6 is 11.6 Å². The lowest BCUT2D eigenvalue weighted by Gasteiger charge is -2.14. The zero-order valence-corrected chi connectivity index (χ0v) is 10.3. The lowest BCUT2D eigenvalue weighted by molar-refractivity contribution is -0.138. The van der Waals surface area contributed by atoms with Crippen molar-refractivity contribution in [1.82, 2.24) is 0 Å². The molecule has 1 aromatic rings. The SMILES string of the molecule is NCCc1ccc(OCC=CCl)c(C(F)(F)F)c1. The van der Waals surface area contributed by atoms with Gasteiger partial charge in [0.1, 0.15) is 12.4 Å². The first kappa shape index (κ1) is 14.9. The Kier molecular flexibility index (Phi) is 5.50. The molecule has 0 spiro atoms. The molecule has 0 aliphatic rings. The zero-order chi connectivity index (χ0) is 13.6. The molecule has 0 heterocycles. The number of hydrogen-bond donors (Lipinski definition) is 1. The highest BCUT2D eigenvalue weighted by Crippen LogP contribution is 2.36. The topological polar surface area (TPSA) is 35.2 Å². The van der Waals surface area contributed by atoms with E-state index >= 15 is 0 Å². The third-order valence-corrected chi connectivity index (χ3v) is 2.38. The minimum atomic E-state index is -4.45. The maximum Gasteiger partial charge on any atom is 0.419 e. The summed E-state index contributed by atoms with van der Waals surface area (Å²) in [6, 6.07) is 3.93. The van der Waals surface area contributed by atoms with E-state index in [1.807, 2.05) is 0 Å². The van der Waals surface area contributed by atoms with Crippen molar-refractivity contribution in [3.63, 3.8) is 0 Å². The molecule has 1 rings (SSSR count). The molecule has 0 atom stereocenters. The summed E-state index contributed by atoms with van der Waals surface area (Å²) in [5.41, 5.74) is 6.25. The first-order chi connectivity index (χ1) is 8.49. The zero-order valence-electron chi connectivity index (χ0n) is 9.51. The van der Waals surface area contributed by atoms with Crippen molar-refractivity contribution >= 4 is 11.6 Å². The van der Waals surface area contributed by atoms with E-state index < -0.39 is 11.7 Å². The van der Waals surface area contributed by atoms with E-state index in [9.17, 15) is 13.2 Å². The average molecular weight is 280 g/mol. The van der Waals surface area contributed by atoms with Crippen LogP contribution in [0.1, 0.15) is 11.1 Å². The summed E-state index contributed by atoms with van der Waals surface area (Å²) < 4.78 is 43.5. The van der Waals surface area contributed by atoms with Crippen LogP contribution in [-0.2, 0) is 12.6 Å². The Morgan fingerprint density at radius 2 is 2.06 bits per heavy atom. The molecule has 0 unspecified atom stereocenters. The molecule has 0 saturated heterocycles. The van der Waals surface area contributed by atoms with E-state index in [2.05, 4.69) is 0 Å². The second-order valence-corrected chi connectivity index (χ2v) is 3.79. The molecule has 1 aromatic carbocycles. The minimum absolute atomic E-state index is 0.0111. The van der Waals surface area contributed by atoms with Crippen molar-refractivity contribution in [1.29, 1.82) is 0 Å². The highest BCUT2D eigenvalue weighted by Gasteiger charge is 2.34. The molecule has 0 saturated carbocycles. The van der Waals surface area contributed by atoms with Crippen molar-refractivity contribution in [2.24, 2.45) is 5.73 Å². The fraction of sp³-hybridized carbons (Fsp3) is 0.333. The molecule has 0 aliphatic carbocycles. The lowest BCUT2D eigenvalue weighted by atomic mass is 10.1. The Hall–Kier alpha value is -1.20. The Labute approximate surface area is 108 Å². The van der Waals surface area contributed by atoms with Crippen LogP contribution in [0, 0.1) is 0 Å². The van der Waals surface area contributed by atoms with E-state index in [4.69, 9.17) is 22.1 Å². The van der Waals surface area contributed by atoms with Gasteiger partial charge in [-0.05, 0) is 36.7 Å². The third-order valence-electron chi connectivity index (χ3n) is 2.21. The number of benzene rings is 1. The maximum atomic E-state index is 12.8. The molecular weight excluding hydrogens is 267 g/mol. The van der Waals surface area contributed by atoms with Crippen molar-refractivity contribution in [3.05, 3.63) is 40.9 Å². The smallest absolute Gasteiger partial charge is 0.419 e. The van der Waals surface area contributed by atoms with Gasteiger partial charge in [0.15, 0.2) is 0 Å². The predicted octanol–water partition coefficient (Wildman–Crippen LogP) is 3.34. The van der Waals surface area contributed by atoms with Gasteiger partial charge in [-0.1, -0.05) is 17.7 Å². The predicted molar refractivity (Wildman–Crippen MR) is 64.7 cm³/mol. The summed E-state index contributed by atoms with van der Waals surface area (Å²) in [6.45, 7) is 0.287. The standard InChI is InChI=1S/C12H13ClF3NO/c13-5-1-7-18-11-3-2-9(4-6-17)8-10(11)12(14,15)16/h1-3,5,8H,4,6-7,17H2. The first-order valence-electron chi connectivity index (χ1n) is 5.27. The fourth-order valence-corrected chi connectivity index (χ4v) is 1.49. The Bertz CT molecular complexity index is 418. The Morgan fingerprint density at radius 1 is 1.33 bits per heavy atom. The van der Waals surface area contributed by atoms with Gasteiger partial charge in [-0.2, -0.15) is 13.2 Å². The van der Waals surface area contributed by atoms with Crippen LogP contribution in [0.4, 0.5) is 13.2 Å². The number of alkyl halides is 3. The molecule has 0 aliphatic heterocycles. The molecule has 100 valence electrons. The van der Waals surface area contributed by atoms with Gasteiger partial charge in [0, 0.05) is 5.54 Å². The molecule has 2 N–H and O–H groups in total. The van der Waals surface area contributed by atoms with Crippen molar-refractivity contribution in [2.45, 2.75) is 12.6 Å². The van der Waals surface area contributed by atoms with Crippen LogP contribution < -0.4 is 10.5 Å². The van der Waals surface area contributed by atoms with Crippen LogP contribution in [0.5, 0.6) is 5.75 Å².